The molecular weight excluding hydrogens is 230 g/mol. The summed E-state index contributed by atoms with van der Waals surface area (Å²) in [7, 11) is 0. The average molecular weight is 257 g/mol. The van der Waals surface area contributed by atoms with Crippen LogP contribution in [0.3, 0.4) is 0 Å². The zero-order valence-electron chi connectivity index (χ0n) is 12.2. The van der Waals surface area contributed by atoms with Gasteiger partial charge in [-0.2, -0.15) is 0 Å². The summed E-state index contributed by atoms with van der Waals surface area (Å²) in [4.78, 5) is 11.5. The zero-order chi connectivity index (χ0) is 14.2. The molecule has 0 rings (SSSR count). The van der Waals surface area contributed by atoms with Gasteiger partial charge in [-0.25, -0.2) is 4.79 Å². The molecule has 0 aromatic heterocycles. The molecule has 4 heteroatoms. The number of ether oxygens (including phenoxy) is 1. The van der Waals surface area contributed by atoms with Crippen LogP contribution in [0.4, 0.5) is 4.79 Å². The molecule has 0 heterocycles. The monoisotopic (exact) mass is 257 g/mol. The molecule has 0 aromatic carbocycles. The fraction of sp³-hybridized carbons (Fsp3) is 0.786. The quantitative estimate of drug-likeness (QED) is 0.568. The molecular formula is C14H27NO3. The number of allylic oxidation sites excluding steroid dienone is 1. The maximum absolute atomic E-state index is 11.5. The van der Waals surface area contributed by atoms with Crippen molar-refractivity contribution in [3.8, 4) is 0 Å². The molecule has 18 heavy (non-hydrogen) atoms. The second kappa shape index (κ2) is 8.14. The van der Waals surface area contributed by atoms with Crippen LogP contribution in [0.1, 0.15) is 53.9 Å². The summed E-state index contributed by atoms with van der Waals surface area (Å²) in [5.41, 5.74) is -0.522. The first kappa shape index (κ1) is 17.0. The Kier molecular flexibility index (Phi) is 7.67. The Bertz CT molecular complexity index is 269. The van der Waals surface area contributed by atoms with E-state index in [0.717, 1.165) is 19.3 Å². The lowest BCUT2D eigenvalue weighted by molar-refractivity contribution is 0.0465. The first-order valence-corrected chi connectivity index (χ1v) is 6.60. The standard InChI is InChI=1S/C14H27NO3/c1-6-7-8-9-10-12(16)11(2)15-13(17)18-14(3,4)5/h9-12,16H,6-8H2,1-5H3,(H,15,17)/b10-9+/t11-,12-/m0/s1. The van der Waals surface area contributed by atoms with E-state index in [4.69, 9.17) is 4.74 Å². The third-order valence-electron chi connectivity index (χ3n) is 2.31. The number of carbonyl (C=O) groups is 1. The molecule has 4 nitrogen and oxygen atoms in total. The molecule has 2 atom stereocenters. The summed E-state index contributed by atoms with van der Waals surface area (Å²) < 4.78 is 5.12. The maximum atomic E-state index is 11.5. The van der Waals surface area contributed by atoms with Gasteiger partial charge in [-0.15, -0.1) is 0 Å². The molecule has 0 aliphatic rings. The summed E-state index contributed by atoms with van der Waals surface area (Å²) in [5, 5.41) is 12.4. The molecule has 0 spiro atoms. The fourth-order valence-corrected chi connectivity index (χ4v) is 1.30. The Morgan fingerprint density at radius 3 is 2.56 bits per heavy atom. The number of alkyl carbamates (subject to hydrolysis) is 1. The Morgan fingerprint density at radius 2 is 2.06 bits per heavy atom. The Hall–Kier alpha value is -1.03. The van der Waals surface area contributed by atoms with Gasteiger partial charge in [0.1, 0.15) is 5.60 Å². The molecule has 0 aromatic rings. The van der Waals surface area contributed by atoms with Crippen LogP contribution in [0, 0.1) is 0 Å². The van der Waals surface area contributed by atoms with Crippen molar-refractivity contribution in [2.75, 3.05) is 0 Å². The lowest BCUT2D eigenvalue weighted by atomic mass is 10.1. The highest BCUT2D eigenvalue weighted by Gasteiger charge is 2.19. The van der Waals surface area contributed by atoms with Crippen LogP contribution in [0.5, 0.6) is 0 Å². The van der Waals surface area contributed by atoms with Crippen molar-refractivity contribution in [3.05, 3.63) is 12.2 Å². The van der Waals surface area contributed by atoms with Crippen LogP contribution < -0.4 is 5.32 Å². The molecule has 0 saturated heterocycles. The lowest BCUT2D eigenvalue weighted by Crippen LogP contribution is -2.43. The van der Waals surface area contributed by atoms with Crippen LogP contribution in [0.15, 0.2) is 12.2 Å². The Morgan fingerprint density at radius 1 is 1.44 bits per heavy atom. The molecule has 0 bridgehead atoms. The van der Waals surface area contributed by atoms with Crippen molar-refractivity contribution in [1.82, 2.24) is 5.32 Å². The van der Waals surface area contributed by atoms with Gasteiger partial charge in [0.2, 0.25) is 0 Å². The summed E-state index contributed by atoms with van der Waals surface area (Å²) in [6.45, 7) is 9.28. The van der Waals surface area contributed by atoms with Crippen molar-refractivity contribution in [1.29, 1.82) is 0 Å². The van der Waals surface area contributed by atoms with Gasteiger partial charge < -0.3 is 15.2 Å². The number of aliphatic hydroxyl groups is 1. The summed E-state index contributed by atoms with van der Waals surface area (Å²) in [6.07, 6.45) is 5.67. The summed E-state index contributed by atoms with van der Waals surface area (Å²) in [5.74, 6) is 0. The minimum absolute atomic E-state index is 0.363. The number of rotatable bonds is 6. The van der Waals surface area contributed by atoms with Gasteiger partial charge in [-0.1, -0.05) is 31.9 Å². The van der Waals surface area contributed by atoms with Gasteiger partial charge >= 0.3 is 6.09 Å². The first-order valence-electron chi connectivity index (χ1n) is 6.60. The maximum Gasteiger partial charge on any atom is 0.407 e. The second-order valence-electron chi connectivity index (χ2n) is 5.50. The van der Waals surface area contributed by atoms with Crippen molar-refractivity contribution >= 4 is 6.09 Å². The number of unbranched alkanes of at least 4 members (excludes halogenated alkanes) is 2. The number of nitrogens with one attached hydrogen (secondary N) is 1. The molecule has 0 aliphatic heterocycles. The normalized spacial score (nSPS) is 15.4. The molecule has 0 saturated carbocycles. The molecule has 1 amide bonds. The molecule has 0 radical (unpaired) electrons. The van der Waals surface area contributed by atoms with Gasteiger partial charge in [-0.3, -0.25) is 0 Å². The number of hydrogen-bond donors (Lipinski definition) is 2. The topological polar surface area (TPSA) is 58.6 Å². The smallest absolute Gasteiger partial charge is 0.407 e. The van der Waals surface area contributed by atoms with E-state index in [9.17, 15) is 9.90 Å². The van der Waals surface area contributed by atoms with E-state index in [2.05, 4.69) is 12.2 Å². The summed E-state index contributed by atoms with van der Waals surface area (Å²) in [6, 6.07) is -0.363. The number of amides is 1. The van der Waals surface area contributed by atoms with Crippen LogP contribution in [0.25, 0.3) is 0 Å². The molecule has 106 valence electrons. The van der Waals surface area contributed by atoms with E-state index in [1.54, 1.807) is 33.8 Å². The van der Waals surface area contributed by atoms with Crippen LogP contribution in [0.2, 0.25) is 0 Å². The molecule has 0 unspecified atom stereocenters. The fourth-order valence-electron chi connectivity index (χ4n) is 1.30. The lowest BCUT2D eigenvalue weighted by Gasteiger charge is -2.23. The predicted molar refractivity (Wildman–Crippen MR) is 73.5 cm³/mol. The largest absolute Gasteiger partial charge is 0.444 e. The highest BCUT2D eigenvalue weighted by atomic mass is 16.6. The molecule has 2 N–H and O–H groups in total. The van der Waals surface area contributed by atoms with E-state index < -0.39 is 17.8 Å². The van der Waals surface area contributed by atoms with Crippen molar-refractivity contribution < 1.29 is 14.6 Å². The van der Waals surface area contributed by atoms with Gasteiger partial charge in [0.05, 0.1) is 12.1 Å². The van der Waals surface area contributed by atoms with E-state index >= 15 is 0 Å². The van der Waals surface area contributed by atoms with Gasteiger partial charge in [0.25, 0.3) is 0 Å². The predicted octanol–water partition coefficient (Wildman–Crippen LogP) is 3.01. The second-order valence-corrected chi connectivity index (χ2v) is 5.50. The Labute approximate surface area is 110 Å². The third kappa shape index (κ3) is 9.05. The van der Waals surface area contributed by atoms with E-state index in [1.807, 2.05) is 6.08 Å². The minimum atomic E-state index is -0.686. The number of aliphatic hydroxyl groups excluding tert-OH is 1. The highest BCUT2D eigenvalue weighted by molar-refractivity contribution is 5.68. The minimum Gasteiger partial charge on any atom is -0.444 e. The number of carbonyl (C=O) groups excluding carboxylic acids is 1. The summed E-state index contributed by atoms with van der Waals surface area (Å²) >= 11 is 0. The Balaban J connectivity index is 4.03. The number of hydrogen-bond acceptors (Lipinski definition) is 3. The highest BCUT2D eigenvalue weighted by Crippen LogP contribution is 2.07. The SMILES string of the molecule is CCCC/C=C/[C@H](O)[C@H](C)NC(=O)OC(C)(C)C. The van der Waals surface area contributed by atoms with E-state index in [1.165, 1.54) is 0 Å². The van der Waals surface area contributed by atoms with Crippen molar-refractivity contribution in [2.45, 2.75) is 71.6 Å². The molecule has 0 fully saturated rings. The first-order chi connectivity index (χ1) is 8.26. The van der Waals surface area contributed by atoms with Gasteiger partial charge in [0.15, 0.2) is 0 Å². The van der Waals surface area contributed by atoms with Crippen LogP contribution in [-0.4, -0.2) is 28.9 Å². The third-order valence-corrected chi connectivity index (χ3v) is 2.31. The van der Waals surface area contributed by atoms with E-state index in [-0.39, 0.29) is 6.04 Å². The van der Waals surface area contributed by atoms with Gasteiger partial charge in [0, 0.05) is 0 Å². The van der Waals surface area contributed by atoms with Gasteiger partial charge in [-0.05, 0) is 34.1 Å². The zero-order valence-corrected chi connectivity index (χ0v) is 12.2. The van der Waals surface area contributed by atoms with E-state index in [0.29, 0.717) is 0 Å². The van der Waals surface area contributed by atoms with Crippen LogP contribution in [-0.2, 0) is 4.74 Å². The van der Waals surface area contributed by atoms with Crippen molar-refractivity contribution in [2.24, 2.45) is 0 Å². The average Bonchev–Trinajstić information content (AvgIpc) is 2.21. The molecule has 0 aliphatic carbocycles. The van der Waals surface area contributed by atoms with Crippen molar-refractivity contribution in [3.63, 3.8) is 0 Å². The van der Waals surface area contributed by atoms with Crippen LogP contribution >= 0.6 is 0 Å².